The molecule has 0 aliphatic carbocycles. The van der Waals surface area contributed by atoms with Crippen LogP contribution in [0.4, 0.5) is 5.69 Å². The van der Waals surface area contributed by atoms with Crippen LogP contribution in [-0.2, 0) is 0 Å². The van der Waals surface area contributed by atoms with Gasteiger partial charge < -0.3 is 15.5 Å². The molecule has 2 aromatic carbocycles. The number of piperidine rings is 1. The van der Waals surface area contributed by atoms with Gasteiger partial charge >= 0.3 is 0 Å². The third-order valence-electron chi connectivity index (χ3n) is 6.61. The molecule has 146 valence electrons. The second-order valence-corrected chi connectivity index (χ2v) is 9.17. The molecular formula is C23H27N3OS. The summed E-state index contributed by atoms with van der Waals surface area (Å²) >= 11 is 2.01. The van der Waals surface area contributed by atoms with E-state index in [0.29, 0.717) is 5.92 Å². The molecule has 0 bridgehead atoms. The van der Waals surface area contributed by atoms with Crippen LogP contribution in [0.1, 0.15) is 41.1 Å². The number of anilines is 1. The van der Waals surface area contributed by atoms with Gasteiger partial charge in [-0.25, -0.2) is 0 Å². The minimum atomic E-state index is 0.0325. The second kappa shape index (κ2) is 7.45. The molecule has 4 nitrogen and oxygen atoms in total. The van der Waals surface area contributed by atoms with Crippen molar-refractivity contribution in [3.8, 4) is 0 Å². The van der Waals surface area contributed by atoms with E-state index >= 15 is 0 Å². The lowest BCUT2D eigenvalue weighted by molar-refractivity contribution is 0.0948. The average Bonchev–Trinajstić information content (AvgIpc) is 2.86. The molecule has 5 rings (SSSR count). The Hall–Kier alpha value is -1.98. The Bertz CT molecular complexity index is 871. The molecule has 1 amide bonds. The quantitative estimate of drug-likeness (QED) is 0.832. The monoisotopic (exact) mass is 393 g/mol. The first-order valence-corrected chi connectivity index (χ1v) is 11.4. The molecule has 3 heterocycles. The van der Waals surface area contributed by atoms with Crippen molar-refractivity contribution in [3.05, 3.63) is 59.7 Å². The van der Waals surface area contributed by atoms with E-state index in [-0.39, 0.29) is 11.4 Å². The maximum absolute atomic E-state index is 12.5. The number of nitrogens with one attached hydrogen (secondary N) is 2. The highest BCUT2D eigenvalue weighted by molar-refractivity contribution is 7.99. The van der Waals surface area contributed by atoms with Crippen molar-refractivity contribution >= 4 is 23.4 Å². The van der Waals surface area contributed by atoms with Gasteiger partial charge in [-0.15, -0.1) is 11.8 Å². The Balaban J connectivity index is 1.40. The van der Waals surface area contributed by atoms with Crippen molar-refractivity contribution in [2.24, 2.45) is 0 Å². The highest BCUT2D eigenvalue weighted by Gasteiger charge is 2.52. The first-order chi connectivity index (χ1) is 13.8. The molecule has 2 aromatic rings. The molecule has 1 fully saturated rings. The van der Waals surface area contributed by atoms with Crippen LogP contribution >= 0.6 is 11.8 Å². The van der Waals surface area contributed by atoms with Gasteiger partial charge in [0.1, 0.15) is 0 Å². The molecule has 28 heavy (non-hydrogen) atoms. The summed E-state index contributed by atoms with van der Waals surface area (Å²) < 4.78 is 0. The Morgan fingerprint density at radius 1 is 1.21 bits per heavy atom. The van der Waals surface area contributed by atoms with Crippen LogP contribution in [0.3, 0.4) is 0 Å². The zero-order chi connectivity index (χ0) is 19.0. The number of thioether (sulfide) groups is 1. The van der Waals surface area contributed by atoms with E-state index in [4.69, 9.17) is 0 Å². The zero-order valence-electron chi connectivity index (χ0n) is 16.1. The Kier molecular flexibility index (Phi) is 4.81. The average molecular weight is 394 g/mol. The number of hydrogen-bond donors (Lipinski definition) is 2. The lowest BCUT2D eigenvalue weighted by Crippen LogP contribution is -2.57. The Labute approximate surface area is 171 Å². The van der Waals surface area contributed by atoms with Gasteiger partial charge in [0.25, 0.3) is 5.91 Å². The second-order valence-electron chi connectivity index (χ2n) is 8.03. The van der Waals surface area contributed by atoms with Gasteiger partial charge in [0, 0.05) is 36.0 Å². The van der Waals surface area contributed by atoms with Crippen LogP contribution in [0.5, 0.6) is 0 Å². The highest BCUT2D eigenvalue weighted by Crippen LogP contribution is 2.55. The topological polar surface area (TPSA) is 44.4 Å². The number of hydrogen-bond acceptors (Lipinski definition) is 4. The summed E-state index contributed by atoms with van der Waals surface area (Å²) in [6.07, 6.45) is 3.35. The molecule has 0 spiro atoms. The molecule has 2 N–H and O–H groups in total. The lowest BCUT2D eigenvalue weighted by Gasteiger charge is -2.47. The molecule has 5 heteroatoms. The fourth-order valence-electron chi connectivity index (χ4n) is 5.34. The van der Waals surface area contributed by atoms with Gasteiger partial charge in [-0.2, -0.15) is 0 Å². The molecular weight excluding hydrogens is 366 g/mol. The molecule has 2 unspecified atom stereocenters. The van der Waals surface area contributed by atoms with Crippen LogP contribution in [0.15, 0.2) is 53.4 Å². The third-order valence-corrected chi connectivity index (χ3v) is 7.74. The van der Waals surface area contributed by atoms with E-state index in [1.54, 1.807) is 0 Å². The van der Waals surface area contributed by atoms with Crippen molar-refractivity contribution in [3.63, 3.8) is 0 Å². The summed E-state index contributed by atoms with van der Waals surface area (Å²) in [4.78, 5) is 16.7. The van der Waals surface area contributed by atoms with Gasteiger partial charge in [-0.3, -0.25) is 4.79 Å². The summed E-state index contributed by atoms with van der Waals surface area (Å²) in [6, 6.07) is 16.4. The Morgan fingerprint density at radius 2 is 2.11 bits per heavy atom. The summed E-state index contributed by atoms with van der Waals surface area (Å²) in [5.41, 5.74) is 3.85. The first-order valence-electron chi connectivity index (χ1n) is 10.4. The van der Waals surface area contributed by atoms with Gasteiger partial charge in [0.05, 0.1) is 11.2 Å². The van der Waals surface area contributed by atoms with Gasteiger partial charge in [-0.05, 0) is 55.3 Å². The molecule has 3 aliphatic rings. The number of amides is 1. The number of benzene rings is 2. The van der Waals surface area contributed by atoms with Gasteiger partial charge in [0.2, 0.25) is 0 Å². The van der Waals surface area contributed by atoms with Crippen LogP contribution in [0, 0.1) is 0 Å². The van der Waals surface area contributed by atoms with E-state index in [0.717, 1.165) is 44.6 Å². The maximum Gasteiger partial charge on any atom is 0.251 e. The fourth-order valence-corrected chi connectivity index (χ4v) is 6.38. The van der Waals surface area contributed by atoms with Gasteiger partial charge in [0.15, 0.2) is 0 Å². The number of para-hydroxylation sites is 1. The van der Waals surface area contributed by atoms with Crippen LogP contribution < -0.4 is 15.5 Å². The highest BCUT2D eigenvalue weighted by atomic mass is 32.2. The van der Waals surface area contributed by atoms with Crippen molar-refractivity contribution in [1.82, 2.24) is 10.6 Å². The number of rotatable bonds is 4. The molecule has 1 saturated heterocycles. The van der Waals surface area contributed by atoms with E-state index in [9.17, 15) is 4.79 Å². The number of nitrogens with zero attached hydrogens (tertiary/aromatic N) is 1. The summed E-state index contributed by atoms with van der Waals surface area (Å²) in [7, 11) is 0. The molecule has 0 radical (unpaired) electrons. The number of carbonyl (C=O) groups excluding carboxylic acids is 1. The third kappa shape index (κ3) is 2.92. The van der Waals surface area contributed by atoms with Crippen molar-refractivity contribution in [2.75, 3.05) is 36.8 Å². The minimum Gasteiger partial charge on any atom is -0.364 e. The van der Waals surface area contributed by atoms with Crippen molar-refractivity contribution in [1.29, 1.82) is 0 Å². The van der Waals surface area contributed by atoms with Crippen LogP contribution in [-0.4, -0.2) is 43.4 Å². The summed E-state index contributed by atoms with van der Waals surface area (Å²) in [6.45, 7) is 3.93. The predicted molar refractivity (Wildman–Crippen MR) is 115 cm³/mol. The fraction of sp³-hybridized carbons (Fsp3) is 0.435. The van der Waals surface area contributed by atoms with E-state index in [1.807, 2.05) is 42.1 Å². The molecule has 0 saturated carbocycles. The largest absolute Gasteiger partial charge is 0.364 e. The summed E-state index contributed by atoms with van der Waals surface area (Å²) in [5, 5.41) is 6.81. The smallest absolute Gasteiger partial charge is 0.251 e. The van der Waals surface area contributed by atoms with Crippen LogP contribution in [0.25, 0.3) is 0 Å². The zero-order valence-corrected chi connectivity index (χ0v) is 16.9. The predicted octanol–water partition coefficient (Wildman–Crippen LogP) is 3.64. The Morgan fingerprint density at radius 3 is 3.00 bits per heavy atom. The van der Waals surface area contributed by atoms with Crippen LogP contribution in [0.2, 0.25) is 0 Å². The molecule has 3 aliphatic heterocycles. The van der Waals surface area contributed by atoms with Gasteiger partial charge in [-0.1, -0.05) is 30.3 Å². The first kappa shape index (κ1) is 18.1. The van der Waals surface area contributed by atoms with E-state index in [2.05, 4.69) is 33.7 Å². The van der Waals surface area contributed by atoms with E-state index < -0.39 is 0 Å². The van der Waals surface area contributed by atoms with Crippen molar-refractivity contribution in [2.45, 2.75) is 35.6 Å². The number of carbonyl (C=O) groups is 1. The number of fused-ring (bicyclic) bond motifs is 3. The SMILES string of the molecule is O=C(NCCC12CCNCC1c1cccc3c1N2CCCS3)c1ccccc1. The normalized spacial score (nSPS) is 25.6. The molecule has 0 aromatic heterocycles. The standard InChI is InChI=1S/C23H27N3OS/c27-22(17-6-2-1-3-7-17)25-13-11-23-10-12-24-16-19(23)18-8-4-9-20-21(18)26(23)14-5-15-28-20/h1-4,6-9,19,24H,5,10-16H2,(H,25,27). The maximum atomic E-state index is 12.5. The summed E-state index contributed by atoms with van der Waals surface area (Å²) in [5.74, 6) is 1.73. The molecule has 2 atom stereocenters. The van der Waals surface area contributed by atoms with Crippen molar-refractivity contribution < 1.29 is 4.79 Å². The minimum absolute atomic E-state index is 0.0325. The lowest BCUT2D eigenvalue weighted by atomic mass is 9.75. The van der Waals surface area contributed by atoms with E-state index in [1.165, 1.54) is 28.3 Å².